The van der Waals surface area contributed by atoms with Crippen molar-refractivity contribution in [2.45, 2.75) is 63.3 Å². The number of ether oxygens (including phenoxy) is 1. The number of amides is 2. The minimum Gasteiger partial charge on any atom is -0.494 e. The smallest absolute Gasteiger partial charge is 0.404 e. The lowest BCUT2D eigenvalue weighted by Gasteiger charge is -2.28. The number of fused-ring (bicyclic) bond motifs is 3. The van der Waals surface area contributed by atoms with Crippen LogP contribution in [0.1, 0.15) is 73.5 Å². The van der Waals surface area contributed by atoms with Crippen molar-refractivity contribution in [1.82, 2.24) is 20.6 Å². The highest BCUT2D eigenvalue weighted by Crippen LogP contribution is 2.52. The van der Waals surface area contributed by atoms with Gasteiger partial charge in [-0.2, -0.15) is 0 Å². The first-order valence-electron chi connectivity index (χ1n) is 11.9. The third-order valence-corrected chi connectivity index (χ3v) is 7.90. The Hall–Kier alpha value is -2.77. The summed E-state index contributed by atoms with van der Waals surface area (Å²) in [6.45, 7) is 0.593. The van der Waals surface area contributed by atoms with E-state index in [1.54, 1.807) is 13.2 Å². The quantitative estimate of drug-likeness (QED) is 0.541. The van der Waals surface area contributed by atoms with E-state index >= 15 is 0 Å². The summed E-state index contributed by atoms with van der Waals surface area (Å²) in [5.41, 5.74) is 2.07. The number of nitrogens with one attached hydrogen (secondary N) is 3. The maximum absolute atomic E-state index is 13.1. The van der Waals surface area contributed by atoms with E-state index in [1.807, 2.05) is 6.07 Å². The molecule has 3 unspecified atom stereocenters. The summed E-state index contributed by atoms with van der Waals surface area (Å²) in [5.74, 6) is 3.94. The molecule has 0 saturated heterocycles. The van der Waals surface area contributed by atoms with Crippen molar-refractivity contribution in [3.05, 3.63) is 23.5 Å². The Kier molecular flexibility index (Phi) is 5.69. The van der Waals surface area contributed by atoms with Crippen molar-refractivity contribution in [1.29, 1.82) is 0 Å². The number of H-pyrrole nitrogens is 1. The SMILES string of the molecule is COc1ccc(C(=O)NCC2CCC(NC(=O)O)CC2)c2nc(C3CC4CCC3C4)[nH]c12. The Morgan fingerprint density at radius 1 is 1.16 bits per heavy atom. The topological polar surface area (TPSA) is 116 Å². The van der Waals surface area contributed by atoms with Crippen molar-refractivity contribution in [2.75, 3.05) is 13.7 Å². The molecule has 2 aromatic rings. The molecule has 2 bridgehead atoms. The summed E-state index contributed by atoms with van der Waals surface area (Å²) in [4.78, 5) is 32.3. The number of aromatic nitrogens is 2. The Bertz CT molecular complexity index is 1010. The number of rotatable bonds is 6. The summed E-state index contributed by atoms with van der Waals surface area (Å²) < 4.78 is 5.54. The molecule has 1 aromatic heterocycles. The summed E-state index contributed by atoms with van der Waals surface area (Å²) in [7, 11) is 1.64. The molecule has 0 aliphatic heterocycles. The summed E-state index contributed by atoms with van der Waals surface area (Å²) in [5, 5.41) is 14.5. The van der Waals surface area contributed by atoms with Gasteiger partial charge in [-0.15, -0.1) is 0 Å². The van der Waals surface area contributed by atoms with E-state index in [4.69, 9.17) is 14.8 Å². The molecule has 3 atom stereocenters. The average molecular weight is 441 g/mol. The van der Waals surface area contributed by atoms with Gasteiger partial charge in [-0.3, -0.25) is 4.79 Å². The fourth-order valence-electron chi connectivity index (χ4n) is 6.21. The lowest BCUT2D eigenvalue weighted by atomic mass is 9.86. The first kappa shape index (κ1) is 21.1. The number of carbonyl (C=O) groups excluding carboxylic acids is 1. The zero-order chi connectivity index (χ0) is 22.2. The standard InChI is InChI=1S/C24H32N4O4/c1-32-19-9-8-17(23(29)25-12-13-3-6-16(7-4-13)26-24(30)31)20-21(19)28-22(27-20)18-11-14-2-5-15(18)10-14/h8-9,13-16,18,26H,2-7,10-12H2,1H3,(H,25,29)(H,27,28)(H,30,31). The molecular formula is C24H32N4O4. The Morgan fingerprint density at radius 3 is 2.62 bits per heavy atom. The van der Waals surface area contributed by atoms with Crippen LogP contribution in [-0.2, 0) is 0 Å². The molecule has 3 saturated carbocycles. The Labute approximate surface area is 187 Å². The van der Waals surface area contributed by atoms with E-state index in [0.717, 1.165) is 42.9 Å². The van der Waals surface area contributed by atoms with Gasteiger partial charge in [0.2, 0.25) is 0 Å². The molecule has 1 aromatic carbocycles. The van der Waals surface area contributed by atoms with Crippen LogP contribution in [0.2, 0.25) is 0 Å². The first-order chi connectivity index (χ1) is 15.5. The number of benzene rings is 1. The van der Waals surface area contributed by atoms with E-state index in [-0.39, 0.29) is 11.9 Å². The number of carboxylic acid groups (broad SMARTS) is 1. The monoisotopic (exact) mass is 440 g/mol. The third-order valence-electron chi connectivity index (χ3n) is 7.90. The van der Waals surface area contributed by atoms with Gasteiger partial charge < -0.3 is 25.5 Å². The number of methoxy groups -OCH3 is 1. The maximum Gasteiger partial charge on any atom is 0.404 e. The number of hydrogen-bond donors (Lipinski definition) is 4. The molecule has 2 amide bonds. The van der Waals surface area contributed by atoms with E-state index in [2.05, 4.69) is 15.6 Å². The first-order valence-corrected chi connectivity index (χ1v) is 11.9. The summed E-state index contributed by atoms with van der Waals surface area (Å²) >= 11 is 0. The average Bonchev–Trinajstić information content (AvgIpc) is 3.52. The molecule has 8 heteroatoms. The Morgan fingerprint density at radius 2 is 1.97 bits per heavy atom. The molecule has 3 aliphatic carbocycles. The van der Waals surface area contributed by atoms with Crippen molar-refractivity contribution in [2.24, 2.45) is 17.8 Å². The molecule has 0 spiro atoms. The molecule has 3 aliphatic rings. The van der Waals surface area contributed by atoms with E-state index < -0.39 is 6.09 Å². The number of hydrogen-bond acceptors (Lipinski definition) is 4. The predicted molar refractivity (Wildman–Crippen MR) is 120 cm³/mol. The molecule has 3 fully saturated rings. The Balaban J connectivity index is 1.28. The predicted octanol–water partition coefficient (Wildman–Crippen LogP) is 4.03. The van der Waals surface area contributed by atoms with Gasteiger partial charge in [-0.05, 0) is 74.8 Å². The lowest BCUT2D eigenvalue weighted by molar-refractivity contribution is 0.0944. The molecule has 0 radical (unpaired) electrons. The molecule has 8 nitrogen and oxygen atoms in total. The van der Waals surface area contributed by atoms with Crippen molar-refractivity contribution < 1.29 is 19.4 Å². The van der Waals surface area contributed by atoms with Gasteiger partial charge in [0.05, 0.1) is 12.7 Å². The normalized spacial score (nSPS) is 29.2. The molecule has 32 heavy (non-hydrogen) atoms. The van der Waals surface area contributed by atoms with Crippen LogP contribution in [0.5, 0.6) is 5.75 Å². The van der Waals surface area contributed by atoms with Crippen molar-refractivity contribution in [3.63, 3.8) is 0 Å². The maximum atomic E-state index is 13.1. The fraction of sp³-hybridized carbons (Fsp3) is 0.625. The summed E-state index contributed by atoms with van der Waals surface area (Å²) in [6.07, 6.45) is 7.57. The van der Waals surface area contributed by atoms with Crippen LogP contribution >= 0.6 is 0 Å². The van der Waals surface area contributed by atoms with Crippen LogP contribution in [-0.4, -0.2) is 46.8 Å². The second-order valence-corrected chi connectivity index (χ2v) is 9.82. The molecule has 4 N–H and O–H groups in total. The van der Waals surface area contributed by atoms with Gasteiger partial charge >= 0.3 is 6.09 Å². The second kappa shape index (κ2) is 8.64. The van der Waals surface area contributed by atoms with Gasteiger partial charge in [-0.25, -0.2) is 9.78 Å². The van der Waals surface area contributed by atoms with Crippen LogP contribution in [0.15, 0.2) is 12.1 Å². The van der Waals surface area contributed by atoms with Gasteiger partial charge in [-0.1, -0.05) is 6.42 Å². The lowest BCUT2D eigenvalue weighted by Crippen LogP contribution is -2.39. The van der Waals surface area contributed by atoms with Crippen LogP contribution < -0.4 is 15.4 Å². The van der Waals surface area contributed by atoms with Gasteiger partial charge in [0.1, 0.15) is 22.6 Å². The fourth-order valence-corrected chi connectivity index (χ4v) is 6.21. The summed E-state index contributed by atoms with van der Waals surface area (Å²) in [6, 6.07) is 3.66. The highest BCUT2D eigenvalue weighted by atomic mass is 16.5. The molecular weight excluding hydrogens is 408 g/mol. The van der Waals surface area contributed by atoms with Crippen LogP contribution in [0.3, 0.4) is 0 Å². The van der Waals surface area contributed by atoms with Gasteiger partial charge in [0.15, 0.2) is 0 Å². The van der Waals surface area contributed by atoms with E-state index in [0.29, 0.717) is 41.1 Å². The minimum absolute atomic E-state index is 0.0222. The highest BCUT2D eigenvalue weighted by molar-refractivity contribution is 6.06. The largest absolute Gasteiger partial charge is 0.494 e. The molecule has 1 heterocycles. The highest BCUT2D eigenvalue weighted by Gasteiger charge is 2.41. The molecule has 5 rings (SSSR count). The van der Waals surface area contributed by atoms with Crippen LogP contribution in [0, 0.1) is 17.8 Å². The zero-order valence-electron chi connectivity index (χ0n) is 18.5. The number of nitrogens with zero attached hydrogens (tertiary/aromatic N) is 1. The van der Waals surface area contributed by atoms with Crippen molar-refractivity contribution >= 4 is 23.0 Å². The minimum atomic E-state index is -0.964. The van der Waals surface area contributed by atoms with E-state index in [9.17, 15) is 9.59 Å². The second-order valence-electron chi connectivity index (χ2n) is 9.82. The van der Waals surface area contributed by atoms with E-state index in [1.165, 1.54) is 25.7 Å². The van der Waals surface area contributed by atoms with Crippen LogP contribution in [0.4, 0.5) is 4.79 Å². The number of imidazole rings is 1. The van der Waals surface area contributed by atoms with Crippen molar-refractivity contribution in [3.8, 4) is 5.75 Å². The number of aromatic amines is 1. The van der Waals surface area contributed by atoms with Crippen LogP contribution in [0.25, 0.3) is 11.0 Å². The number of carbonyl (C=O) groups is 2. The molecule has 172 valence electrons. The third kappa shape index (κ3) is 4.02. The van der Waals surface area contributed by atoms with Gasteiger partial charge in [0.25, 0.3) is 5.91 Å². The zero-order valence-corrected chi connectivity index (χ0v) is 18.5. The van der Waals surface area contributed by atoms with Gasteiger partial charge in [0, 0.05) is 18.5 Å².